The molecule has 0 spiro atoms. The number of benzene rings is 2. The van der Waals surface area contributed by atoms with Gasteiger partial charge in [-0.15, -0.1) is 0 Å². The second-order valence-electron chi connectivity index (χ2n) is 7.34. The zero-order chi connectivity index (χ0) is 22.8. The predicted molar refractivity (Wildman–Crippen MR) is 129 cm³/mol. The van der Waals surface area contributed by atoms with Gasteiger partial charge in [0.15, 0.2) is 5.82 Å². The molecule has 4 aromatic rings. The van der Waals surface area contributed by atoms with Crippen LogP contribution in [0.5, 0.6) is 0 Å². The third kappa shape index (κ3) is 3.81. The highest BCUT2D eigenvalue weighted by atomic mass is 16.1. The van der Waals surface area contributed by atoms with Crippen molar-refractivity contribution in [3.05, 3.63) is 108 Å². The van der Waals surface area contributed by atoms with E-state index in [-0.39, 0.29) is 17.6 Å². The molecule has 2 aromatic carbocycles. The molecule has 1 aliphatic rings. The summed E-state index contributed by atoms with van der Waals surface area (Å²) in [7, 11) is 0. The number of para-hydroxylation sites is 1. The van der Waals surface area contributed by atoms with E-state index in [9.17, 15) is 4.79 Å². The lowest BCUT2D eigenvalue weighted by Gasteiger charge is -2.25. The fourth-order valence-corrected chi connectivity index (χ4v) is 3.62. The molecular formula is C25H19N7O. The van der Waals surface area contributed by atoms with Crippen molar-refractivity contribution in [1.29, 1.82) is 10.8 Å². The molecule has 8 heteroatoms. The number of pyridine rings is 2. The summed E-state index contributed by atoms with van der Waals surface area (Å²) in [6.45, 7) is 0. The van der Waals surface area contributed by atoms with Crippen LogP contribution in [0.4, 0.5) is 22.9 Å². The van der Waals surface area contributed by atoms with Gasteiger partial charge in [0.25, 0.3) is 5.91 Å². The van der Waals surface area contributed by atoms with E-state index in [1.54, 1.807) is 66.0 Å². The van der Waals surface area contributed by atoms with Crippen LogP contribution in [0.15, 0.2) is 91.4 Å². The standard InChI is InChI=1S/C25H19N7O/c26-22(16-7-9-18(10-8-16)30-25(33)17-11-14-28-15-12-17)32-21-6-3-13-29-24(21)31-20-5-2-1-4-19(20)23(32)27/h1-15,26-27H,(H,29,31)(H,30,33). The lowest BCUT2D eigenvalue weighted by molar-refractivity contribution is 0.102. The summed E-state index contributed by atoms with van der Waals surface area (Å²) in [6.07, 6.45) is 4.80. The van der Waals surface area contributed by atoms with Crippen molar-refractivity contribution in [2.75, 3.05) is 15.5 Å². The summed E-state index contributed by atoms with van der Waals surface area (Å²) in [5.74, 6) is 0.625. The number of hydrogen-bond acceptors (Lipinski definition) is 6. The molecule has 0 atom stereocenters. The quantitative estimate of drug-likeness (QED) is 0.277. The van der Waals surface area contributed by atoms with Crippen LogP contribution < -0.4 is 15.5 Å². The molecule has 8 nitrogen and oxygen atoms in total. The number of aromatic nitrogens is 2. The fraction of sp³-hybridized carbons (Fsp3) is 0. The normalized spacial score (nSPS) is 12.1. The van der Waals surface area contributed by atoms with Crippen molar-refractivity contribution in [2.45, 2.75) is 0 Å². The number of nitrogens with zero attached hydrogens (tertiary/aromatic N) is 3. The molecule has 4 N–H and O–H groups in total. The zero-order valence-corrected chi connectivity index (χ0v) is 17.4. The number of carbonyl (C=O) groups is 1. The Hall–Kier alpha value is -4.85. The number of nitrogens with one attached hydrogen (secondary N) is 4. The largest absolute Gasteiger partial charge is 0.338 e. The maximum absolute atomic E-state index is 12.4. The van der Waals surface area contributed by atoms with E-state index in [1.807, 2.05) is 30.3 Å². The molecule has 0 saturated heterocycles. The Morgan fingerprint density at radius 2 is 1.64 bits per heavy atom. The summed E-state index contributed by atoms with van der Waals surface area (Å²) in [5.41, 5.74) is 3.74. The molecule has 0 fully saturated rings. The molecule has 0 bridgehead atoms. The smallest absolute Gasteiger partial charge is 0.255 e. The Balaban J connectivity index is 1.45. The van der Waals surface area contributed by atoms with Gasteiger partial charge in [-0.05, 0) is 60.7 Å². The molecule has 0 radical (unpaired) electrons. The molecule has 1 aliphatic heterocycles. The molecule has 33 heavy (non-hydrogen) atoms. The summed E-state index contributed by atoms with van der Waals surface area (Å²) < 4.78 is 0. The predicted octanol–water partition coefficient (Wildman–Crippen LogP) is 4.64. The molecule has 0 unspecified atom stereocenters. The molecule has 0 aliphatic carbocycles. The van der Waals surface area contributed by atoms with Crippen molar-refractivity contribution in [3.8, 4) is 0 Å². The van der Waals surface area contributed by atoms with Crippen LogP contribution in [0.25, 0.3) is 0 Å². The fourth-order valence-electron chi connectivity index (χ4n) is 3.62. The number of anilines is 4. The number of rotatable bonds is 3. The Kier molecular flexibility index (Phi) is 5.08. The Morgan fingerprint density at radius 1 is 0.879 bits per heavy atom. The van der Waals surface area contributed by atoms with Crippen molar-refractivity contribution >= 4 is 40.5 Å². The molecule has 1 amide bonds. The van der Waals surface area contributed by atoms with Gasteiger partial charge in [-0.25, -0.2) is 4.98 Å². The first-order valence-corrected chi connectivity index (χ1v) is 10.2. The third-order valence-corrected chi connectivity index (χ3v) is 5.27. The molecule has 160 valence electrons. The van der Waals surface area contributed by atoms with E-state index in [1.165, 1.54) is 0 Å². The van der Waals surface area contributed by atoms with E-state index >= 15 is 0 Å². The van der Waals surface area contributed by atoms with E-state index in [2.05, 4.69) is 20.6 Å². The van der Waals surface area contributed by atoms with Gasteiger partial charge in [0.1, 0.15) is 11.7 Å². The summed E-state index contributed by atoms with van der Waals surface area (Å²) >= 11 is 0. The summed E-state index contributed by atoms with van der Waals surface area (Å²) in [4.78, 5) is 22.3. The van der Waals surface area contributed by atoms with Crippen molar-refractivity contribution in [1.82, 2.24) is 9.97 Å². The Labute approximate surface area is 190 Å². The first-order valence-electron chi connectivity index (χ1n) is 10.2. The third-order valence-electron chi connectivity index (χ3n) is 5.27. The van der Waals surface area contributed by atoms with Gasteiger partial charge < -0.3 is 10.6 Å². The van der Waals surface area contributed by atoms with Gasteiger partial charge >= 0.3 is 0 Å². The van der Waals surface area contributed by atoms with E-state index < -0.39 is 0 Å². The number of carbonyl (C=O) groups excluding carboxylic acids is 1. The summed E-state index contributed by atoms with van der Waals surface area (Å²) in [5, 5.41) is 23.9. The molecule has 2 aromatic heterocycles. The highest BCUT2D eigenvalue weighted by Gasteiger charge is 2.28. The molecule has 5 rings (SSSR count). The topological polar surface area (TPSA) is 118 Å². The van der Waals surface area contributed by atoms with Crippen LogP contribution in [0.2, 0.25) is 0 Å². The second-order valence-corrected chi connectivity index (χ2v) is 7.34. The molecule has 3 heterocycles. The lowest BCUT2D eigenvalue weighted by Crippen LogP contribution is -2.36. The maximum atomic E-state index is 12.4. The maximum Gasteiger partial charge on any atom is 0.255 e. The monoisotopic (exact) mass is 433 g/mol. The van der Waals surface area contributed by atoms with Crippen LogP contribution in [-0.2, 0) is 0 Å². The number of amides is 1. The lowest BCUT2D eigenvalue weighted by atomic mass is 10.1. The average Bonchev–Trinajstić information content (AvgIpc) is 2.98. The van der Waals surface area contributed by atoms with Crippen LogP contribution in [0, 0.1) is 10.8 Å². The molecular weight excluding hydrogens is 414 g/mol. The van der Waals surface area contributed by atoms with Gasteiger partial charge in [0, 0.05) is 41.0 Å². The van der Waals surface area contributed by atoms with Crippen molar-refractivity contribution in [2.24, 2.45) is 0 Å². The van der Waals surface area contributed by atoms with Crippen molar-refractivity contribution < 1.29 is 4.79 Å². The Bertz CT molecular complexity index is 1370. The first kappa shape index (κ1) is 20.1. The minimum atomic E-state index is -0.239. The number of amidine groups is 2. The number of fused-ring (bicyclic) bond motifs is 2. The average molecular weight is 433 g/mol. The van der Waals surface area contributed by atoms with Crippen LogP contribution >= 0.6 is 0 Å². The Morgan fingerprint density at radius 3 is 2.42 bits per heavy atom. The summed E-state index contributed by atoms with van der Waals surface area (Å²) in [6, 6.07) is 21.3. The van der Waals surface area contributed by atoms with E-state index in [0.29, 0.717) is 33.9 Å². The van der Waals surface area contributed by atoms with Crippen LogP contribution in [0.3, 0.4) is 0 Å². The van der Waals surface area contributed by atoms with Crippen molar-refractivity contribution in [3.63, 3.8) is 0 Å². The van der Waals surface area contributed by atoms with E-state index in [4.69, 9.17) is 10.8 Å². The molecule has 0 saturated carbocycles. The van der Waals surface area contributed by atoms with E-state index in [0.717, 1.165) is 5.69 Å². The van der Waals surface area contributed by atoms with Crippen LogP contribution in [-0.4, -0.2) is 27.5 Å². The van der Waals surface area contributed by atoms with Gasteiger partial charge in [0.05, 0.1) is 11.4 Å². The first-order chi connectivity index (χ1) is 16.1. The van der Waals surface area contributed by atoms with Gasteiger partial charge in [-0.1, -0.05) is 12.1 Å². The van der Waals surface area contributed by atoms with Gasteiger partial charge in [-0.2, -0.15) is 0 Å². The van der Waals surface area contributed by atoms with Gasteiger partial charge in [0.2, 0.25) is 0 Å². The minimum Gasteiger partial charge on any atom is -0.338 e. The highest BCUT2D eigenvalue weighted by Crippen LogP contribution is 2.34. The second kappa shape index (κ2) is 8.35. The minimum absolute atomic E-state index is 0.125. The highest BCUT2D eigenvalue weighted by molar-refractivity contribution is 6.30. The van der Waals surface area contributed by atoms with Crippen LogP contribution in [0.1, 0.15) is 21.5 Å². The SMILES string of the molecule is N=C(c1ccc(NC(=O)c2ccncc2)cc1)N1C(=N)c2ccccc2Nc2ncccc21. The zero-order valence-electron chi connectivity index (χ0n) is 17.4. The number of hydrogen-bond donors (Lipinski definition) is 4. The van der Waals surface area contributed by atoms with Gasteiger partial charge in [-0.3, -0.25) is 25.5 Å².